The zero-order valence-corrected chi connectivity index (χ0v) is 22.8. The van der Waals surface area contributed by atoms with E-state index in [0.29, 0.717) is 23.4 Å². The van der Waals surface area contributed by atoms with Gasteiger partial charge in [0.2, 0.25) is 5.78 Å². The largest absolute Gasteiger partial charge is 0.452 e. The summed E-state index contributed by atoms with van der Waals surface area (Å²) >= 11 is 0. The number of hydrogen-bond donors (Lipinski definition) is 1. The van der Waals surface area contributed by atoms with Gasteiger partial charge < -0.3 is 14.9 Å². The molecule has 0 bridgehead atoms. The van der Waals surface area contributed by atoms with Crippen LogP contribution in [0, 0.1) is 24.6 Å². The first-order valence-electron chi connectivity index (χ1n) is 12.7. The van der Waals surface area contributed by atoms with Gasteiger partial charge >= 0.3 is 11.8 Å². The number of aromatic nitrogens is 2. The Bertz CT molecular complexity index is 1320. The minimum atomic E-state index is -1.17. The van der Waals surface area contributed by atoms with Crippen LogP contribution < -0.4 is 11.5 Å². The van der Waals surface area contributed by atoms with Crippen molar-refractivity contribution in [2.45, 2.75) is 65.6 Å². The molecular weight excluding hydrogens is 513 g/mol. The van der Waals surface area contributed by atoms with Crippen LogP contribution in [0.3, 0.4) is 0 Å². The van der Waals surface area contributed by atoms with Gasteiger partial charge in [0.15, 0.2) is 0 Å². The molecule has 0 unspecified atom stereocenters. The smallest absolute Gasteiger partial charge is 0.442 e. The molecule has 2 N–H and O–H groups in total. The van der Waals surface area contributed by atoms with E-state index in [0.717, 1.165) is 17.9 Å². The van der Waals surface area contributed by atoms with E-state index >= 15 is 0 Å². The number of Topliss-reactive ketones (excluding diaryl/α,β-unsaturated/α-hetero) is 1. The summed E-state index contributed by atoms with van der Waals surface area (Å²) in [5.41, 5.74) is 6.60. The maximum Gasteiger partial charge on any atom is 0.442 e. The fourth-order valence-electron chi connectivity index (χ4n) is 4.70. The molecule has 1 aliphatic heterocycles. The third-order valence-electron chi connectivity index (χ3n) is 6.78. The lowest BCUT2D eigenvalue weighted by molar-refractivity contribution is -0.146. The molecule has 1 aliphatic rings. The van der Waals surface area contributed by atoms with Gasteiger partial charge in [-0.3, -0.25) is 19.3 Å². The zero-order chi connectivity index (χ0) is 29.2. The zero-order valence-electron chi connectivity index (χ0n) is 22.8. The van der Waals surface area contributed by atoms with Crippen molar-refractivity contribution < 1.29 is 32.7 Å². The van der Waals surface area contributed by atoms with E-state index in [2.05, 4.69) is 5.10 Å². The van der Waals surface area contributed by atoms with Gasteiger partial charge in [0.05, 0.1) is 30.9 Å². The number of likely N-dealkylation sites (tertiary alicyclic amines) is 1. The van der Waals surface area contributed by atoms with Gasteiger partial charge in [-0.05, 0) is 61.9 Å². The fourth-order valence-corrected chi connectivity index (χ4v) is 4.70. The van der Waals surface area contributed by atoms with Gasteiger partial charge in [0.25, 0.3) is 17.7 Å². The molecule has 1 fully saturated rings. The number of ether oxygens (including phenoxy) is 1. The van der Waals surface area contributed by atoms with E-state index in [-0.39, 0.29) is 23.9 Å². The highest BCUT2D eigenvalue weighted by Crippen LogP contribution is 2.28. The van der Waals surface area contributed by atoms with Gasteiger partial charge in [0, 0.05) is 0 Å². The number of halogens is 1. The third kappa shape index (κ3) is 5.98. The van der Waals surface area contributed by atoms with Gasteiger partial charge in [-0.25, -0.2) is 14.0 Å². The number of rotatable bonds is 8. The van der Waals surface area contributed by atoms with E-state index < -0.39 is 59.3 Å². The standard InChI is InChI=1S/C26H34FN5O7/c1-13(2)19(28)24(35)31(25(36)38-6)23(34)18-8-7-11-30(18)20(14(3)4)21(33)22-29-32(26(37)39-22)17-10-9-16(27)12-15(17)5/h9-10,12-14,18-20H,7-8,11,28H2,1-6H3/t18-,19-,20-/m0/s1. The highest BCUT2D eigenvalue weighted by Gasteiger charge is 2.46. The lowest BCUT2D eigenvalue weighted by Gasteiger charge is -2.35. The van der Waals surface area contributed by atoms with Crippen LogP contribution in [0.25, 0.3) is 5.69 Å². The number of amides is 3. The minimum Gasteiger partial charge on any atom is -0.452 e. The second-order valence-corrected chi connectivity index (χ2v) is 10.2. The van der Waals surface area contributed by atoms with Crippen LogP contribution in [0.15, 0.2) is 27.4 Å². The monoisotopic (exact) mass is 547 g/mol. The van der Waals surface area contributed by atoms with Crippen molar-refractivity contribution in [1.29, 1.82) is 0 Å². The predicted octanol–water partition coefficient (Wildman–Crippen LogP) is 2.05. The van der Waals surface area contributed by atoms with Crippen LogP contribution in [0.2, 0.25) is 0 Å². The van der Waals surface area contributed by atoms with E-state index in [1.54, 1.807) is 39.5 Å². The van der Waals surface area contributed by atoms with Crippen molar-refractivity contribution in [1.82, 2.24) is 19.6 Å². The molecule has 1 aromatic heterocycles. The quantitative estimate of drug-likeness (QED) is 0.485. The topological polar surface area (TPSA) is 158 Å². The number of carbonyl (C=O) groups excluding carboxylic acids is 4. The summed E-state index contributed by atoms with van der Waals surface area (Å²) in [6.07, 6.45) is -0.403. The Morgan fingerprint density at radius 1 is 1.18 bits per heavy atom. The maximum absolute atomic E-state index is 13.7. The molecule has 12 nitrogen and oxygen atoms in total. The van der Waals surface area contributed by atoms with Crippen LogP contribution in [0.5, 0.6) is 0 Å². The Labute approximate surface area is 224 Å². The Hall–Kier alpha value is -3.71. The van der Waals surface area contributed by atoms with Crippen molar-refractivity contribution in [2.75, 3.05) is 13.7 Å². The molecule has 2 heterocycles. The normalized spacial score (nSPS) is 17.3. The molecule has 1 aromatic carbocycles. The van der Waals surface area contributed by atoms with Crippen LogP contribution in [0.1, 0.15) is 56.8 Å². The van der Waals surface area contributed by atoms with Crippen LogP contribution >= 0.6 is 0 Å². The van der Waals surface area contributed by atoms with Gasteiger partial charge in [-0.1, -0.05) is 27.7 Å². The lowest BCUT2D eigenvalue weighted by atomic mass is 9.96. The molecule has 3 rings (SSSR count). The number of nitrogens with zero attached hydrogens (tertiary/aromatic N) is 4. The molecule has 0 aliphatic carbocycles. The number of carbonyl (C=O) groups is 4. The summed E-state index contributed by atoms with van der Waals surface area (Å²) < 4.78 is 24.3. The van der Waals surface area contributed by atoms with Gasteiger partial charge in [0.1, 0.15) is 5.82 Å². The number of imide groups is 3. The van der Waals surface area contributed by atoms with E-state index in [1.807, 2.05) is 0 Å². The molecule has 212 valence electrons. The summed E-state index contributed by atoms with van der Waals surface area (Å²) in [6, 6.07) is 0.598. The van der Waals surface area contributed by atoms with Crippen molar-refractivity contribution in [2.24, 2.45) is 17.6 Å². The number of hydrogen-bond acceptors (Lipinski definition) is 10. The van der Waals surface area contributed by atoms with E-state index in [1.165, 1.54) is 12.1 Å². The summed E-state index contributed by atoms with van der Waals surface area (Å²) in [4.78, 5) is 67.3. The molecule has 1 saturated heterocycles. The molecule has 13 heteroatoms. The average molecular weight is 548 g/mol. The van der Waals surface area contributed by atoms with Gasteiger partial charge in [-0.15, -0.1) is 5.10 Å². The molecule has 3 atom stereocenters. The maximum atomic E-state index is 13.7. The van der Waals surface area contributed by atoms with Crippen molar-refractivity contribution >= 4 is 23.7 Å². The summed E-state index contributed by atoms with van der Waals surface area (Å²) in [6.45, 7) is 8.74. The fraction of sp³-hybridized carbons (Fsp3) is 0.538. The first kappa shape index (κ1) is 29.8. The Morgan fingerprint density at radius 2 is 1.85 bits per heavy atom. The summed E-state index contributed by atoms with van der Waals surface area (Å²) in [7, 11) is 1.05. The van der Waals surface area contributed by atoms with Crippen molar-refractivity contribution in [3.05, 3.63) is 46.0 Å². The average Bonchev–Trinajstić information content (AvgIpc) is 3.50. The summed E-state index contributed by atoms with van der Waals surface area (Å²) in [5.74, 6) is -5.07. The molecule has 0 saturated carbocycles. The predicted molar refractivity (Wildman–Crippen MR) is 137 cm³/mol. The van der Waals surface area contributed by atoms with Crippen molar-refractivity contribution in [3.8, 4) is 5.69 Å². The number of ketones is 1. The molecular formula is C26H34FN5O7. The summed E-state index contributed by atoms with van der Waals surface area (Å²) in [5, 5.41) is 4.06. The highest BCUT2D eigenvalue weighted by molar-refractivity contribution is 6.12. The Morgan fingerprint density at radius 3 is 2.41 bits per heavy atom. The Balaban J connectivity index is 1.96. The molecule has 3 amide bonds. The molecule has 2 aromatic rings. The van der Waals surface area contributed by atoms with Gasteiger partial charge in [-0.2, -0.15) is 9.58 Å². The van der Waals surface area contributed by atoms with Crippen LogP contribution in [-0.4, -0.2) is 75.1 Å². The molecule has 0 radical (unpaired) electrons. The second kappa shape index (κ2) is 12.0. The number of nitrogens with two attached hydrogens (primary N) is 1. The second-order valence-electron chi connectivity index (χ2n) is 10.2. The lowest BCUT2D eigenvalue weighted by Crippen LogP contribution is -2.58. The third-order valence-corrected chi connectivity index (χ3v) is 6.78. The first-order valence-corrected chi connectivity index (χ1v) is 12.7. The Kier molecular flexibility index (Phi) is 9.18. The van der Waals surface area contributed by atoms with E-state index in [9.17, 15) is 28.4 Å². The molecule has 0 spiro atoms. The number of methoxy groups -OCH3 is 1. The van der Waals surface area contributed by atoms with Crippen LogP contribution in [0.4, 0.5) is 9.18 Å². The first-order chi connectivity index (χ1) is 18.3. The SMILES string of the molecule is COC(=O)N(C(=O)[C@@H](N)C(C)C)C(=O)[C@@H]1CCCN1[C@H](C(=O)c1nn(-c2ccc(F)cc2C)c(=O)o1)C(C)C. The number of aryl methyl sites for hydroxylation is 1. The number of benzene rings is 1. The molecule has 39 heavy (non-hydrogen) atoms. The minimum absolute atomic E-state index is 0.244. The van der Waals surface area contributed by atoms with Crippen LogP contribution in [-0.2, 0) is 14.3 Å². The van der Waals surface area contributed by atoms with Crippen molar-refractivity contribution in [3.63, 3.8) is 0 Å². The highest BCUT2D eigenvalue weighted by atomic mass is 19.1. The van der Waals surface area contributed by atoms with E-state index in [4.69, 9.17) is 14.9 Å².